The number of rotatable bonds is 5. The van der Waals surface area contributed by atoms with E-state index in [1.165, 1.54) is 16.5 Å². The van der Waals surface area contributed by atoms with E-state index in [9.17, 15) is 0 Å². The Bertz CT molecular complexity index is 3220. The van der Waals surface area contributed by atoms with Gasteiger partial charge in [-0.25, -0.2) is 15.0 Å². The minimum Gasteiger partial charge on any atom is -0.456 e. The minimum absolute atomic E-state index is 0.597. The lowest BCUT2D eigenvalue weighted by molar-refractivity contribution is 0.669. The first-order chi connectivity index (χ1) is 26.7. The Morgan fingerprint density at radius 2 is 0.870 bits per heavy atom. The Labute approximate surface area is 309 Å². The molecule has 5 heteroatoms. The molecular weight excluding hydrogens is 663 g/mol. The molecule has 0 saturated carbocycles. The largest absolute Gasteiger partial charge is 0.456 e. The van der Waals surface area contributed by atoms with Crippen molar-refractivity contribution in [2.75, 3.05) is 0 Å². The van der Waals surface area contributed by atoms with E-state index >= 15 is 0 Å². The van der Waals surface area contributed by atoms with Gasteiger partial charge in [0.1, 0.15) is 22.3 Å². The highest BCUT2D eigenvalue weighted by atomic mass is 16.3. The van der Waals surface area contributed by atoms with E-state index < -0.39 is 0 Å². The Morgan fingerprint density at radius 3 is 1.67 bits per heavy atom. The van der Waals surface area contributed by atoms with Crippen LogP contribution in [0.5, 0.6) is 0 Å². The van der Waals surface area contributed by atoms with E-state index in [-0.39, 0.29) is 0 Å². The highest BCUT2D eigenvalue weighted by Crippen LogP contribution is 2.43. The molecular formula is C49H29N3O2. The second-order valence-electron chi connectivity index (χ2n) is 13.6. The Balaban J connectivity index is 1.10. The summed E-state index contributed by atoms with van der Waals surface area (Å²) in [5.41, 5.74) is 10.6. The van der Waals surface area contributed by atoms with E-state index in [0.29, 0.717) is 17.5 Å². The molecule has 0 aliphatic carbocycles. The van der Waals surface area contributed by atoms with Gasteiger partial charge in [-0.1, -0.05) is 133 Å². The molecule has 252 valence electrons. The van der Waals surface area contributed by atoms with Crippen LogP contribution in [0.4, 0.5) is 0 Å². The van der Waals surface area contributed by atoms with E-state index in [2.05, 4.69) is 115 Å². The second-order valence-corrected chi connectivity index (χ2v) is 13.6. The lowest BCUT2D eigenvalue weighted by Crippen LogP contribution is -2.00. The Morgan fingerprint density at radius 1 is 0.296 bits per heavy atom. The first-order valence-corrected chi connectivity index (χ1v) is 18.0. The van der Waals surface area contributed by atoms with E-state index in [1.54, 1.807) is 0 Å². The summed E-state index contributed by atoms with van der Waals surface area (Å²) in [7, 11) is 0. The Kier molecular flexibility index (Phi) is 6.79. The number of aromatic nitrogens is 3. The summed E-state index contributed by atoms with van der Waals surface area (Å²) in [5.74, 6) is 1.81. The van der Waals surface area contributed by atoms with Crippen LogP contribution >= 0.6 is 0 Å². The summed E-state index contributed by atoms with van der Waals surface area (Å²) >= 11 is 0. The summed E-state index contributed by atoms with van der Waals surface area (Å²) < 4.78 is 12.8. The zero-order valence-corrected chi connectivity index (χ0v) is 28.9. The molecule has 0 aliphatic heterocycles. The van der Waals surface area contributed by atoms with Gasteiger partial charge in [-0.05, 0) is 70.1 Å². The van der Waals surface area contributed by atoms with Crippen molar-refractivity contribution in [3.8, 4) is 56.4 Å². The van der Waals surface area contributed by atoms with Crippen LogP contribution in [0, 0.1) is 0 Å². The molecule has 0 atom stereocenters. The Hall–Kier alpha value is -7.37. The predicted molar refractivity (Wildman–Crippen MR) is 219 cm³/mol. The molecule has 54 heavy (non-hydrogen) atoms. The highest BCUT2D eigenvalue weighted by molar-refractivity contribution is 6.22. The van der Waals surface area contributed by atoms with Crippen LogP contribution in [0.2, 0.25) is 0 Å². The summed E-state index contributed by atoms with van der Waals surface area (Å²) in [6.45, 7) is 0. The fraction of sp³-hybridized carbons (Fsp3) is 0. The maximum atomic E-state index is 6.67. The normalized spacial score (nSPS) is 11.7. The number of fused-ring (bicyclic) bond motifs is 8. The number of nitrogens with zero attached hydrogens (tertiary/aromatic N) is 3. The van der Waals surface area contributed by atoms with Crippen molar-refractivity contribution in [1.82, 2.24) is 15.0 Å². The maximum Gasteiger partial charge on any atom is 0.164 e. The first-order valence-electron chi connectivity index (χ1n) is 18.0. The molecule has 11 rings (SSSR count). The molecule has 11 aromatic rings. The molecule has 0 spiro atoms. The maximum absolute atomic E-state index is 6.67. The lowest BCUT2D eigenvalue weighted by Gasteiger charge is -2.11. The van der Waals surface area contributed by atoms with Crippen molar-refractivity contribution in [1.29, 1.82) is 0 Å². The SMILES string of the molecule is c1ccc(-c2nc(-c3cccc(-c4cccc5oc6c7ccccc7c(-c7ccccc7)cc6c45)c3)nc(-c3ccc4oc5ccccc5c4c3)n2)cc1. The summed E-state index contributed by atoms with van der Waals surface area (Å²) in [4.78, 5) is 15.2. The van der Waals surface area contributed by atoms with Gasteiger partial charge in [0.25, 0.3) is 0 Å². The van der Waals surface area contributed by atoms with Crippen LogP contribution in [0.25, 0.3) is 111 Å². The fourth-order valence-corrected chi connectivity index (χ4v) is 7.79. The molecule has 0 fully saturated rings. The molecule has 5 nitrogen and oxygen atoms in total. The van der Waals surface area contributed by atoms with Crippen molar-refractivity contribution in [2.45, 2.75) is 0 Å². The summed E-state index contributed by atoms with van der Waals surface area (Å²) in [6.07, 6.45) is 0. The van der Waals surface area contributed by atoms with Crippen molar-refractivity contribution >= 4 is 54.6 Å². The second kappa shape index (κ2) is 12.1. The average Bonchev–Trinajstić information content (AvgIpc) is 3.82. The monoisotopic (exact) mass is 691 g/mol. The topological polar surface area (TPSA) is 65.0 Å². The van der Waals surface area contributed by atoms with Crippen LogP contribution in [-0.2, 0) is 0 Å². The molecule has 0 N–H and O–H groups in total. The van der Waals surface area contributed by atoms with Crippen LogP contribution in [0.15, 0.2) is 185 Å². The van der Waals surface area contributed by atoms with Gasteiger partial charge >= 0.3 is 0 Å². The van der Waals surface area contributed by atoms with Gasteiger partial charge < -0.3 is 8.83 Å². The quantitative estimate of drug-likeness (QED) is 0.180. The molecule has 8 aromatic carbocycles. The van der Waals surface area contributed by atoms with Crippen molar-refractivity contribution in [3.05, 3.63) is 176 Å². The third-order valence-electron chi connectivity index (χ3n) is 10.3. The lowest BCUT2D eigenvalue weighted by atomic mass is 9.93. The average molecular weight is 692 g/mol. The van der Waals surface area contributed by atoms with Gasteiger partial charge in [0.2, 0.25) is 0 Å². The highest BCUT2D eigenvalue weighted by Gasteiger charge is 2.19. The first kappa shape index (κ1) is 30.3. The fourth-order valence-electron chi connectivity index (χ4n) is 7.79. The molecule has 3 aromatic heterocycles. The van der Waals surface area contributed by atoms with Crippen molar-refractivity contribution in [2.24, 2.45) is 0 Å². The van der Waals surface area contributed by atoms with Gasteiger partial charge in [-0.15, -0.1) is 0 Å². The van der Waals surface area contributed by atoms with E-state index in [4.69, 9.17) is 23.8 Å². The number of para-hydroxylation sites is 1. The third-order valence-corrected chi connectivity index (χ3v) is 10.3. The van der Waals surface area contributed by atoms with Crippen molar-refractivity contribution in [3.63, 3.8) is 0 Å². The zero-order chi connectivity index (χ0) is 35.6. The van der Waals surface area contributed by atoms with Gasteiger partial charge in [-0.3, -0.25) is 0 Å². The van der Waals surface area contributed by atoms with Gasteiger partial charge in [0.05, 0.1) is 0 Å². The van der Waals surface area contributed by atoms with Crippen LogP contribution in [0.1, 0.15) is 0 Å². The molecule has 0 aliphatic rings. The molecule has 0 unspecified atom stereocenters. The van der Waals surface area contributed by atoms with Gasteiger partial charge in [-0.2, -0.15) is 0 Å². The number of hydrogen-bond acceptors (Lipinski definition) is 5. The smallest absolute Gasteiger partial charge is 0.164 e. The minimum atomic E-state index is 0.597. The van der Waals surface area contributed by atoms with Gasteiger partial charge in [0.15, 0.2) is 17.5 Å². The molecule has 0 bridgehead atoms. The third kappa shape index (κ3) is 4.90. The number of furan rings is 2. The van der Waals surface area contributed by atoms with E-state index in [0.717, 1.165) is 77.1 Å². The van der Waals surface area contributed by atoms with Gasteiger partial charge in [0, 0.05) is 43.6 Å². The van der Waals surface area contributed by atoms with Crippen LogP contribution < -0.4 is 0 Å². The molecule has 0 saturated heterocycles. The van der Waals surface area contributed by atoms with Crippen molar-refractivity contribution < 1.29 is 8.83 Å². The molecule has 0 radical (unpaired) electrons. The predicted octanol–water partition coefficient (Wildman–Crippen LogP) is 13.2. The summed E-state index contributed by atoms with van der Waals surface area (Å²) in [5, 5.41) is 6.51. The number of benzene rings is 8. The van der Waals surface area contributed by atoms with Crippen LogP contribution in [0.3, 0.4) is 0 Å². The summed E-state index contributed by atoms with van der Waals surface area (Å²) in [6, 6.07) is 60.4. The standard InChI is InChI=1S/C49H29N3O2/c1-3-13-30(14-4-1)39-29-41-45-35(22-12-24-44(45)54-46(41)38-21-8-7-19-36(38)39)32-17-11-18-33(27-32)48-50-47(31-15-5-2-6-16-31)51-49(52-48)34-25-26-43-40(28-34)37-20-9-10-23-42(37)53-43/h1-29H. The molecule has 3 heterocycles. The molecule has 0 amide bonds. The number of hydrogen-bond donors (Lipinski definition) is 0. The van der Waals surface area contributed by atoms with E-state index in [1.807, 2.05) is 60.7 Å². The zero-order valence-electron chi connectivity index (χ0n) is 28.9. The van der Waals surface area contributed by atoms with Crippen LogP contribution in [-0.4, -0.2) is 15.0 Å².